The van der Waals surface area contributed by atoms with Crippen molar-refractivity contribution in [2.24, 2.45) is 11.3 Å². The fourth-order valence-corrected chi connectivity index (χ4v) is 5.12. The lowest BCUT2D eigenvalue weighted by Gasteiger charge is -2.49. The summed E-state index contributed by atoms with van der Waals surface area (Å²) in [6.07, 6.45) is 11.1. The number of aliphatic hydroxyl groups is 1. The maximum atomic E-state index is 12.6. The van der Waals surface area contributed by atoms with Gasteiger partial charge < -0.3 is 14.9 Å². The fraction of sp³-hybridized carbons (Fsp3) is 0.947. The summed E-state index contributed by atoms with van der Waals surface area (Å²) in [5, 5.41) is 10.7. The quantitative estimate of drug-likeness (QED) is 0.869. The highest BCUT2D eigenvalue weighted by Gasteiger charge is 2.44. The third kappa shape index (κ3) is 3.90. The van der Waals surface area contributed by atoms with E-state index in [1.807, 2.05) is 14.1 Å². The van der Waals surface area contributed by atoms with Gasteiger partial charge in [0, 0.05) is 25.6 Å². The van der Waals surface area contributed by atoms with Gasteiger partial charge in [-0.15, -0.1) is 0 Å². The molecule has 1 saturated heterocycles. The predicted octanol–water partition coefficient (Wildman–Crippen LogP) is 2.65. The molecule has 0 atom stereocenters. The van der Waals surface area contributed by atoms with Crippen LogP contribution in [0.4, 0.5) is 0 Å². The number of hydrogen-bond donors (Lipinski definition) is 1. The second-order valence-electron chi connectivity index (χ2n) is 8.77. The van der Waals surface area contributed by atoms with Crippen LogP contribution in [-0.4, -0.2) is 60.1 Å². The molecule has 3 rings (SSSR count). The van der Waals surface area contributed by atoms with Crippen LogP contribution in [0.2, 0.25) is 0 Å². The molecule has 2 saturated carbocycles. The number of carbonyl (C=O) groups excluding carboxylic acids is 1. The highest BCUT2D eigenvalue weighted by Crippen LogP contribution is 2.48. The molecule has 4 nitrogen and oxygen atoms in total. The van der Waals surface area contributed by atoms with E-state index in [-0.39, 0.29) is 0 Å². The highest BCUT2D eigenvalue weighted by atomic mass is 16.3. The average Bonchev–Trinajstić information content (AvgIpc) is 3.05. The van der Waals surface area contributed by atoms with Crippen LogP contribution in [0.1, 0.15) is 64.2 Å². The maximum Gasteiger partial charge on any atom is 0.225 e. The topological polar surface area (TPSA) is 43.8 Å². The van der Waals surface area contributed by atoms with Crippen LogP contribution >= 0.6 is 0 Å². The number of hydrogen-bond acceptors (Lipinski definition) is 3. The molecular weight excluding hydrogens is 288 g/mol. The van der Waals surface area contributed by atoms with Crippen LogP contribution in [0.5, 0.6) is 0 Å². The largest absolute Gasteiger partial charge is 0.389 e. The summed E-state index contributed by atoms with van der Waals surface area (Å²) in [6, 6.07) is 0. The van der Waals surface area contributed by atoms with Crippen LogP contribution < -0.4 is 0 Å². The minimum absolute atomic E-state index is 0.320. The number of likely N-dealkylation sites (tertiary alicyclic amines) is 1. The summed E-state index contributed by atoms with van der Waals surface area (Å²) in [4.78, 5) is 16.8. The Hall–Kier alpha value is -0.610. The Labute approximate surface area is 141 Å². The Bertz CT molecular complexity index is 411. The molecule has 3 aliphatic rings. The molecule has 2 aliphatic carbocycles. The monoisotopic (exact) mass is 322 g/mol. The predicted molar refractivity (Wildman–Crippen MR) is 92.2 cm³/mol. The van der Waals surface area contributed by atoms with E-state index in [9.17, 15) is 9.90 Å². The van der Waals surface area contributed by atoms with Crippen molar-refractivity contribution in [3.05, 3.63) is 0 Å². The van der Waals surface area contributed by atoms with Gasteiger partial charge in [0.25, 0.3) is 0 Å². The maximum absolute atomic E-state index is 12.6. The van der Waals surface area contributed by atoms with E-state index in [1.54, 1.807) is 0 Å². The molecule has 1 spiro atoms. The first kappa shape index (κ1) is 17.2. The van der Waals surface area contributed by atoms with Crippen LogP contribution in [0.15, 0.2) is 0 Å². The molecule has 1 N–H and O–H groups in total. The normalized spacial score (nSPS) is 27.7. The molecular formula is C19H34N2O2. The van der Waals surface area contributed by atoms with Gasteiger partial charge in [0.2, 0.25) is 5.91 Å². The summed E-state index contributed by atoms with van der Waals surface area (Å²) in [7, 11) is 4.07. The molecule has 4 heteroatoms. The molecule has 0 aromatic heterocycles. The van der Waals surface area contributed by atoms with Crippen molar-refractivity contribution in [1.82, 2.24) is 9.80 Å². The number of nitrogens with zero attached hydrogens (tertiary/aromatic N) is 2. The minimum atomic E-state index is -0.494. The van der Waals surface area contributed by atoms with Crippen LogP contribution in [0.3, 0.4) is 0 Å². The molecule has 1 heterocycles. The smallest absolute Gasteiger partial charge is 0.225 e. The molecule has 1 amide bonds. The van der Waals surface area contributed by atoms with Crippen molar-refractivity contribution < 1.29 is 9.90 Å². The number of amides is 1. The Kier molecular flexibility index (Phi) is 5.03. The number of carbonyl (C=O) groups is 1. The number of likely N-dealkylation sites (N-methyl/N-ethyl adjacent to an activating group) is 1. The Morgan fingerprint density at radius 3 is 2.13 bits per heavy atom. The summed E-state index contributed by atoms with van der Waals surface area (Å²) in [6.45, 7) is 2.66. The average molecular weight is 322 g/mol. The van der Waals surface area contributed by atoms with Gasteiger partial charge >= 0.3 is 0 Å². The van der Waals surface area contributed by atoms with E-state index >= 15 is 0 Å². The summed E-state index contributed by atoms with van der Waals surface area (Å²) >= 11 is 0. The third-order valence-electron chi connectivity index (χ3n) is 6.69. The van der Waals surface area contributed by atoms with Crippen LogP contribution in [-0.2, 0) is 4.79 Å². The highest BCUT2D eigenvalue weighted by molar-refractivity contribution is 5.79. The Morgan fingerprint density at radius 2 is 1.61 bits per heavy atom. The van der Waals surface area contributed by atoms with Gasteiger partial charge in [-0.3, -0.25) is 4.79 Å². The lowest BCUT2D eigenvalue weighted by molar-refractivity contribution is -0.139. The van der Waals surface area contributed by atoms with Crippen molar-refractivity contribution in [3.8, 4) is 0 Å². The van der Waals surface area contributed by atoms with Crippen LogP contribution in [0.25, 0.3) is 0 Å². The molecule has 132 valence electrons. The Morgan fingerprint density at radius 1 is 1.04 bits per heavy atom. The molecule has 0 bridgehead atoms. The van der Waals surface area contributed by atoms with Gasteiger partial charge in [-0.2, -0.15) is 0 Å². The van der Waals surface area contributed by atoms with Crippen molar-refractivity contribution in [1.29, 1.82) is 0 Å². The summed E-state index contributed by atoms with van der Waals surface area (Å²) < 4.78 is 0. The first-order valence-corrected chi connectivity index (χ1v) is 9.57. The van der Waals surface area contributed by atoms with Crippen molar-refractivity contribution in [2.45, 2.75) is 69.8 Å². The second-order valence-corrected chi connectivity index (χ2v) is 8.77. The molecule has 0 radical (unpaired) electrons. The van der Waals surface area contributed by atoms with Crippen molar-refractivity contribution in [3.63, 3.8) is 0 Å². The third-order valence-corrected chi connectivity index (χ3v) is 6.69. The van der Waals surface area contributed by atoms with Gasteiger partial charge in [-0.25, -0.2) is 0 Å². The molecule has 0 aromatic carbocycles. The zero-order chi connectivity index (χ0) is 16.5. The fourth-order valence-electron chi connectivity index (χ4n) is 5.12. The molecule has 23 heavy (non-hydrogen) atoms. The van der Waals surface area contributed by atoms with Gasteiger partial charge in [0.1, 0.15) is 0 Å². The molecule has 3 fully saturated rings. The van der Waals surface area contributed by atoms with Crippen molar-refractivity contribution >= 4 is 5.91 Å². The number of rotatable bonds is 3. The van der Waals surface area contributed by atoms with E-state index in [0.717, 1.165) is 71.0 Å². The first-order chi connectivity index (χ1) is 10.9. The van der Waals surface area contributed by atoms with Gasteiger partial charge in [0.15, 0.2) is 0 Å². The number of piperidine rings is 1. The van der Waals surface area contributed by atoms with Gasteiger partial charge in [0.05, 0.1) is 5.60 Å². The van der Waals surface area contributed by atoms with Gasteiger partial charge in [-0.05, 0) is 70.9 Å². The van der Waals surface area contributed by atoms with E-state index in [2.05, 4.69) is 9.80 Å². The molecule has 1 aliphatic heterocycles. The van der Waals surface area contributed by atoms with E-state index in [0.29, 0.717) is 17.2 Å². The summed E-state index contributed by atoms with van der Waals surface area (Å²) in [5.74, 6) is 0.748. The van der Waals surface area contributed by atoms with Gasteiger partial charge in [-0.1, -0.05) is 12.8 Å². The molecule has 0 unspecified atom stereocenters. The Balaban J connectivity index is 1.50. The second kappa shape index (κ2) is 6.72. The zero-order valence-electron chi connectivity index (χ0n) is 15.0. The van der Waals surface area contributed by atoms with Crippen molar-refractivity contribution in [2.75, 3.05) is 33.7 Å². The van der Waals surface area contributed by atoms with E-state index in [1.165, 1.54) is 12.8 Å². The summed E-state index contributed by atoms with van der Waals surface area (Å²) in [5.41, 5.74) is -0.101. The van der Waals surface area contributed by atoms with E-state index < -0.39 is 5.60 Å². The standard InChI is InChI=1S/C19H34N2O2/c1-20(2)15-19(23)9-7-18(8-10-19)11-13-21(14-12-18)17(22)16-5-3-4-6-16/h16,23H,3-15H2,1-2H3. The molecule has 0 aromatic rings. The van der Waals surface area contributed by atoms with Crippen LogP contribution in [0, 0.1) is 11.3 Å². The lowest BCUT2D eigenvalue weighted by Crippen LogP contribution is -2.50. The lowest BCUT2D eigenvalue weighted by atomic mass is 9.64. The first-order valence-electron chi connectivity index (χ1n) is 9.57. The minimum Gasteiger partial charge on any atom is -0.389 e. The SMILES string of the molecule is CN(C)CC1(O)CCC2(CCN(C(=O)C3CCCC3)CC2)CC1. The zero-order valence-corrected chi connectivity index (χ0v) is 15.0. The van der Waals surface area contributed by atoms with E-state index in [4.69, 9.17) is 0 Å².